The molecule has 7 nitrogen and oxygen atoms in total. The summed E-state index contributed by atoms with van der Waals surface area (Å²) in [6, 6.07) is 13.3. The number of ketones is 1. The van der Waals surface area contributed by atoms with Crippen molar-refractivity contribution in [2.24, 2.45) is 0 Å². The van der Waals surface area contributed by atoms with Gasteiger partial charge in [0, 0.05) is 18.0 Å². The first kappa shape index (κ1) is 22.7. The summed E-state index contributed by atoms with van der Waals surface area (Å²) in [7, 11) is 0. The Bertz CT molecular complexity index is 1470. The molecule has 1 amide bonds. The highest BCUT2D eigenvalue weighted by Gasteiger charge is 2.48. The lowest BCUT2D eigenvalue weighted by molar-refractivity contribution is -0.132. The highest BCUT2D eigenvalue weighted by molar-refractivity contribution is 7.22. The number of benzene rings is 2. The molecule has 4 aromatic rings. The smallest absolute Gasteiger partial charge is 0.301 e. The topological polar surface area (TPSA) is 92.6 Å². The summed E-state index contributed by atoms with van der Waals surface area (Å²) in [4.78, 5) is 36.4. The van der Waals surface area contributed by atoms with Crippen LogP contribution in [-0.2, 0) is 9.59 Å². The molecule has 35 heavy (non-hydrogen) atoms. The number of rotatable bonds is 6. The number of hydrogen-bond acceptors (Lipinski definition) is 7. The van der Waals surface area contributed by atoms with Gasteiger partial charge in [0.1, 0.15) is 17.3 Å². The molecule has 1 saturated heterocycles. The Hall–Kier alpha value is -4.11. The van der Waals surface area contributed by atoms with Crippen LogP contribution < -0.4 is 9.64 Å². The molecule has 3 heterocycles. The first-order chi connectivity index (χ1) is 17.0. The van der Waals surface area contributed by atoms with Gasteiger partial charge >= 0.3 is 5.91 Å². The van der Waals surface area contributed by atoms with Gasteiger partial charge in [-0.05, 0) is 48.4 Å². The van der Waals surface area contributed by atoms with E-state index in [0.717, 1.165) is 17.8 Å². The van der Waals surface area contributed by atoms with Crippen LogP contribution in [-0.4, -0.2) is 33.4 Å². The van der Waals surface area contributed by atoms with Gasteiger partial charge in [0.25, 0.3) is 5.78 Å². The predicted octanol–water partition coefficient (Wildman–Crippen LogP) is 5.25. The summed E-state index contributed by atoms with van der Waals surface area (Å²) in [6.07, 6.45) is 3.92. The maximum atomic E-state index is 13.8. The van der Waals surface area contributed by atoms with Gasteiger partial charge in [-0.15, -0.1) is 0 Å². The third-order valence-corrected chi connectivity index (χ3v) is 6.59. The van der Waals surface area contributed by atoms with Crippen LogP contribution in [0.4, 0.5) is 9.52 Å². The number of halogens is 1. The van der Waals surface area contributed by atoms with E-state index in [4.69, 9.17) is 4.74 Å². The van der Waals surface area contributed by atoms with Crippen molar-refractivity contribution in [1.82, 2.24) is 9.97 Å². The number of aliphatic hydroxyl groups excluding tert-OH is 1. The summed E-state index contributed by atoms with van der Waals surface area (Å²) >= 11 is 1.09. The van der Waals surface area contributed by atoms with E-state index >= 15 is 0 Å². The molecule has 1 aliphatic heterocycles. The molecule has 0 saturated carbocycles. The van der Waals surface area contributed by atoms with E-state index in [1.54, 1.807) is 42.6 Å². The number of aromatic nitrogens is 2. The van der Waals surface area contributed by atoms with E-state index in [0.29, 0.717) is 33.7 Å². The van der Waals surface area contributed by atoms with E-state index in [2.05, 4.69) is 9.97 Å². The number of anilines is 1. The van der Waals surface area contributed by atoms with Gasteiger partial charge in [-0.2, -0.15) is 0 Å². The maximum absolute atomic E-state index is 13.8. The molecule has 176 valence electrons. The van der Waals surface area contributed by atoms with Crippen molar-refractivity contribution in [2.75, 3.05) is 11.5 Å². The number of nitrogens with zero attached hydrogens (tertiary/aromatic N) is 3. The standard InChI is InChI=1S/C26H20FN3O4S/c1-2-11-34-18-7-3-5-15(12-18)23(31)21-22(16-6-4-10-28-14-16)30(25(33)24(21)32)26-29-19-9-8-17(27)13-20(19)35-26/h3-10,12-14,22,31H,2,11H2,1H3/b23-21+. The summed E-state index contributed by atoms with van der Waals surface area (Å²) in [6.45, 7) is 2.48. The number of amides is 1. The van der Waals surface area contributed by atoms with Crippen LogP contribution in [0, 0.1) is 5.82 Å². The Kier molecular flexibility index (Phi) is 6.00. The quantitative estimate of drug-likeness (QED) is 0.226. The zero-order valence-corrected chi connectivity index (χ0v) is 19.5. The average molecular weight is 490 g/mol. The summed E-state index contributed by atoms with van der Waals surface area (Å²) < 4.78 is 19.9. The van der Waals surface area contributed by atoms with Crippen LogP contribution in [0.25, 0.3) is 16.0 Å². The van der Waals surface area contributed by atoms with Crippen LogP contribution in [0.15, 0.2) is 72.6 Å². The summed E-state index contributed by atoms with van der Waals surface area (Å²) in [5, 5.41) is 11.5. The summed E-state index contributed by atoms with van der Waals surface area (Å²) in [5.41, 5.74) is 1.29. The second-order valence-electron chi connectivity index (χ2n) is 7.94. The van der Waals surface area contributed by atoms with Crippen molar-refractivity contribution in [3.8, 4) is 5.75 Å². The molecule has 2 aromatic carbocycles. The molecular formula is C26H20FN3O4S. The molecule has 1 aliphatic rings. The van der Waals surface area contributed by atoms with Gasteiger partial charge in [0.2, 0.25) is 0 Å². The molecule has 9 heteroatoms. The number of ether oxygens (including phenoxy) is 1. The van der Waals surface area contributed by atoms with Gasteiger partial charge in [-0.1, -0.05) is 36.5 Å². The minimum Gasteiger partial charge on any atom is -0.507 e. The van der Waals surface area contributed by atoms with Crippen molar-refractivity contribution >= 4 is 44.1 Å². The van der Waals surface area contributed by atoms with Crippen LogP contribution in [0.2, 0.25) is 0 Å². The predicted molar refractivity (Wildman–Crippen MR) is 131 cm³/mol. The lowest BCUT2D eigenvalue weighted by Crippen LogP contribution is -2.29. The zero-order valence-electron chi connectivity index (χ0n) is 18.6. The van der Waals surface area contributed by atoms with Crippen molar-refractivity contribution in [1.29, 1.82) is 0 Å². The Morgan fingerprint density at radius 1 is 1.17 bits per heavy atom. The molecule has 1 unspecified atom stereocenters. The van der Waals surface area contributed by atoms with Gasteiger partial charge in [0.15, 0.2) is 5.13 Å². The highest BCUT2D eigenvalue weighted by Crippen LogP contribution is 2.44. The third kappa shape index (κ3) is 4.15. The van der Waals surface area contributed by atoms with E-state index in [-0.39, 0.29) is 16.5 Å². The molecule has 1 N–H and O–H groups in total. The Labute approximate surface area is 204 Å². The Morgan fingerprint density at radius 2 is 2.03 bits per heavy atom. The number of carbonyl (C=O) groups excluding carboxylic acids is 2. The summed E-state index contributed by atoms with van der Waals surface area (Å²) in [5.74, 6) is -1.89. The minimum atomic E-state index is -0.964. The highest BCUT2D eigenvalue weighted by atomic mass is 32.1. The SMILES string of the molecule is CCCOc1cccc(/C(O)=C2\C(=O)C(=O)N(c3nc4ccc(F)cc4s3)C2c2cccnc2)c1. The van der Waals surface area contributed by atoms with E-state index in [9.17, 15) is 19.1 Å². The number of carbonyl (C=O) groups is 2. The van der Waals surface area contributed by atoms with E-state index in [1.807, 2.05) is 6.92 Å². The lowest BCUT2D eigenvalue weighted by atomic mass is 9.96. The molecule has 1 atom stereocenters. The van der Waals surface area contributed by atoms with Crippen molar-refractivity contribution < 1.29 is 23.8 Å². The van der Waals surface area contributed by atoms with Crippen LogP contribution in [0.3, 0.4) is 0 Å². The van der Waals surface area contributed by atoms with Crippen molar-refractivity contribution in [2.45, 2.75) is 19.4 Å². The second-order valence-corrected chi connectivity index (χ2v) is 8.95. The third-order valence-electron chi connectivity index (χ3n) is 5.57. The van der Waals surface area contributed by atoms with Crippen molar-refractivity contribution in [3.63, 3.8) is 0 Å². The monoisotopic (exact) mass is 489 g/mol. The molecule has 5 rings (SSSR count). The average Bonchev–Trinajstić information content (AvgIpc) is 3.40. The van der Waals surface area contributed by atoms with E-state index < -0.39 is 23.5 Å². The molecule has 0 aliphatic carbocycles. The van der Waals surface area contributed by atoms with Crippen molar-refractivity contribution in [3.05, 3.63) is 89.5 Å². The van der Waals surface area contributed by atoms with Gasteiger partial charge in [-0.25, -0.2) is 9.37 Å². The number of fused-ring (bicyclic) bond motifs is 1. The zero-order chi connectivity index (χ0) is 24.5. The van der Waals surface area contributed by atoms with Gasteiger partial charge < -0.3 is 9.84 Å². The molecule has 0 bridgehead atoms. The minimum absolute atomic E-state index is 0.0823. The van der Waals surface area contributed by atoms with Crippen LogP contribution in [0.5, 0.6) is 5.75 Å². The molecular weight excluding hydrogens is 469 g/mol. The number of thiazole rings is 1. The first-order valence-electron chi connectivity index (χ1n) is 11.0. The fourth-order valence-electron chi connectivity index (χ4n) is 3.98. The number of aliphatic hydroxyl groups is 1. The Balaban J connectivity index is 1.67. The lowest BCUT2D eigenvalue weighted by Gasteiger charge is -2.22. The second kappa shape index (κ2) is 9.27. The molecule has 0 radical (unpaired) electrons. The maximum Gasteiger partial charge on any atom is 0.301 e. The van der Waals surface area contributed by atoms with Crippen LogP contribution in [0.1, 0.15) is 30.5 Å². The number of hydrogen-bond donors (Lipinski definition) is 1. The fourth-order valence-corrected chi connectivity index (χ4v) is 5.00. The molecule has 1 fully saturated rings. The molecule has 2 aromatic heterocycles. The molecule has 0 spiro atoms. The largest absolute Gasteiger partial charge is 0.507 e. The van der Waals surface area contributed by atoms with Crippen LogP contribution >= 0.6 is 11.3 Å². The fraction of sp³-hybridized carbons (Fsp3) is 0.154. The normalized spacial score (nSPS) is 17.3. The van der Waals surface area contributed by atoms with E-state index in [1.165, 1.54) is 29.3 Å². The first-order valence-corrected chi connectivity index (χ1v) is 11.8. The van der Waals surface area contributed by atoms with Gasteiger partial charge in [0.05, 0.1) is 28.4 Å². The van der Waals surface area contributed by atoms with Gasteiger partial charge in [-0.3, -0.25) is 19.5 Å². The number of Topliss-reactive ketones (excluding diaryl/α,β-unsaturated/α-hetero) is 1. The Morgan fingerprint density at radius 3 is 2.80 bits per heavy atom. The number of pyridine rings is 1.